The van der Waals surface area contributed by atoms with Gasteiger partial charge in [-0.1, -0.05) is 201 Å². The SMILES string of the molecule is CCCCCCCCCCCCCCCCCCCCCCCCCCCCC(C)CC(C)C. The van der Waals surface area contributed by atoms with Gasteiger partial charge in [-0.15, -0.1) is 0 Å². The maximum atomic E-state index is 2.44. The van der Waals surface area contributed by atoms with Gasteiger partial charge in [0.15, 0.2) is 0 Å². The van der Waals surface area contributed by atoms with Gasteiger partial charge < -0.3 is 0 Å². The van der Waals surface area contributed by atoms with Gasteiger partial charge in [-0.2, -0.15) is 0 Å². The Labute approximate surface area is 219 Å². The lowest BCUT2D eigenvalue weighted by molar-refractivity contribution is 0.397. The van der Waals surface area contributed by atoms with Crippen LogP contribution >= 0.6 is 0 Å². The molecule has 0 aromatic carbocycles. The van der Waals surface area contributed by atoms with E-state index in [1.165, 1.54) is 180 Å². The summed E-state index contributed by atoms with van der Waals surface area (Å²) in [5, 5.41) is 0. The molecule has 0 radical (unpaired) electrons. The molecule has 0 heteroatoms. The van der Waals surface area contributed by atoms with Crippen molar-refractivity contribution in [1.82, 2.24) is 0 Å². The van der Waals surface area contributed by atoms with Gasteiger partial charge in [-0.3, -0.25) is 0 Å². The molecule has 0 aromatic heterocycles. The van der Waals surface area contributed by atoms with Crippen LogP contribution < -0.4 is 0 Å². The van der Waals surface area contributed by atoms with Crippen molar-refractivity contribution in [3.05, 3.63) is 0 Å². The largest absolute Gasteiger partial charge is 0.0654 e. The average Bonchev–Trinajstić information content (AvgIpc) is 2.81. The monoisotopic (exact) mass is 479 g/mol. The third-order valence-electron chi connectivity index (χ3n) is 7.92. The molecule has 0 aliphatic rings. The van der Waals surface area contributed by atoms with E-state index >= 15 is 0 Å². The van der Waals surface area contributed by atoms with Crippen LogP contribution in [0.4, 0.5) is 0 Å². The van der Waals surface area contributed by atoms with Crippen molar-refractivity contribution in [1.29, 1.82) is 0 Å². The normalized spacial score (nSPS) is 12.6. The Kier molecular flexibility index (Phi) is 29.2. The van der Waals surface area contributed by atoms with Crippen molar-refractivity contribution < 1.29 is 0 Å². The van der Waals surface area contributed by atoms with E-state index in [-0.39, 0.29) is 0 Å². The summed E-state index contributed by atoms with van der Waals surface area (Å²) in [6, 6.07) is 0. The second-order valence-electron chi connectivity index (χ2n) is 12.4. The predicted molar refractivity (Wildman–Crippen MR) is 159 cm³/mol. The van der Waals surface area contributed by atoms with Crippen LogP contribution in [0.3, 0.4) is 0 Å². The van der Waals surface area contributed by atoms with Crippen LogP contribution in [0.25, 0.3) is 0 Å². The molecule has 0 heterocycles. The average molecular weight is 479 g/mol. The maximum absolute atomic E-state index is 2.44. The second kappa shape index (κ2) is 29.2. The molecule has 0 N–H and O–H groups in total. The molecule has 0 aliphatic carbocycles. The highest BCUT2D eigenvalue weighted by atomic mass is 14.1. The first-order chi connectivity index (χ1) is 16.7. The van der Waals surface area contributed by atoms with E-state index in [9.17, 15) is 0 Å². The number of unbranched alkanes of at least 4 members (excludes halogenated alkanes) is 25. The Morgan fingerprint density at radius 1 is 0.324 bits per heavy atom. The standard InChI is InChI=1S/C34H70/c1-5-6-7-8-9-10-11-12-13-14-15-16-17-18-19-20-21-22-23-24-25-26-27-28-29-30-31-34(4)32-33(2)3/h33-34H,5-32H2,1-4H3. The molecule has 0 aromatic rings. The first-order valence-electron chi connectivity index (χ1n) is 16.7. The van der Waals surface area contributed by atoms with Crippen molar-refractivity contribution in [2.24, 2.45) is 11.8 Å². The van der Waals surface area contributed by atoms with Crippen molar-refractivity contribution >= 4 is 0 Å². The van der Waals surface area contributed by atoms with Gasteiger partial charge in [0.1, 0.15) is 0 Å². The Hall–Kier alpha value is 0. The first-order valence-corrected chi connectivity index (χ1v) is 16.7. The van der Waals surface area contributed by atoms with Gasteiger partial charge >= 0.3 is 0 Å². The molecule has 0 nitrogen and oxygen atoms in total. The zero-order chi connectivity index (χ0) is 25.0. The third kappa shape index (κ3) is 30.0. The summed E-state index contributed by atoms with van der Waals surface area (Å²) in [6.07, 6.45) is 41.4. The fraction of sp³-hybridized carbons (Fsp3) is 1.00. The van der Waals surface area contributed by atoms with Crippen LogP contribution in [0.2, 0.25) is 0 Å². The predicted octanol–water partition coefficient (Wildman–Crippen LogP) is 13.2. The molecule has 0 saturated carbocycles. The minimum absolute atomic E-state index is 0.874. The Bertz CT molecular complexity index is 344. The smallest absolute Gasteiger partial charge is 0.0440 e. The molecule has 0 aliphatic heterocycles. The minimum atomic E-state index is 0.874. The highest BCUT2D eigenvalue weighted by Crippen LogP contribution is 2.19. The van der Waals surface area contributed by atoms with Crippen molar-refractivity contribution in [3.8, 4) is 0 Å². The highest BCUT2D eigenvalue weighted by molar-refractivity contribution is 4.57. The summed E-state index contributed by atoms with van der Waals surface area (Å²) >= 11 is 0. The molecular formula is C34H70. The molecule has 0 saturated heterocycles. The van der Waals surface area contributed by atoms with Gasteiger partial charge in [0.25, 0.3) is 0 Å². The number of hydrogen-bond acceptors (Lipinski definition) is 0. The van der Waals surface area contributed by atoms with Crippen molar-refractivity contribution in [2.75, 3.05) is 0 Å². The summed E-state index contributed by atoms with van der Waals surface area (Å²) in [5.74, 6) is 1.81. The summed E-state index contributed by atoms with van der Waals surface area (Å²) in [6.45, 7) is 9.47. The van der Waals surface area contributed by atoms with E-state index in [2.05, 4.69) is 27.7 Å². The molecule has 0 amide bonds. The molecule has 0 bridgehead atoms. The molecular weight excluding hydrogens is 408 g/mol. The van der Waals surface area contributed by atoms with E-state index in [4.69, 9.17) is 0 Å². The molecule has 1 atom stereocenters. The molecule has 0 rings (SSSR count). The zero-order valence-corrected chi connectivity index (χ0v) is 25.0. The summed E-state index contributed by atoms with van der Waals surface area (Å²) in [5.41, 5.74) is 0. The van der Waals surface area contributed by atoms with Crippen LogP contribution in [0.15, 0.2) is 0 Å². The molecule has 206 valence electrons. The zero-order valence-electron chi connectivity index (χ0n) is 25.0. The van der Waals surface area contributed by atoms with E-state index in [1.54, 1.807) is 0 Å². The van der Waals surface area contributed by atoms with E-state index in [1.807, 2.05) is 0 Å². The first kappa shape index (κ1) is 34.0. The Balaban J connectivity index is 3.05. The summed E-state index contributed by atoms with van der Waals surface area (Å²) in [7, 11) is 0. The third-order valence-corrected chi connectivity index (χ3v) is 7.92. The van der Waals surface area contributed by atoms with Crippen LogP contribution in [0, 0.1) is 11.8 Å². The van der Waals surface area contributed by atoms with Crippen LogP contribution in [-0.4, -0.2) is 0 Å². The fourth-order valence-electron chi connectivity index (χ4n) is 5.73. The topological polar surface area (TPSA) is 0 Å². The van der Waals surface area contributed by atoms with Crippen molar-refractivity contribution in [3.63, 3.8) is 0 Å². The minimum Gasteiger partial charge on any atom is -0.0654 e. The lowest BCUT2D eigenvalue weighted by Gasteiger charge is -2.13. The van der Waals surface area contributed by atoms with Crippen LogP contribution in [0.1, 0.15) is 207 Å². The van der Waals surface area contributed by atoms with Gasteiger partial charge in [0.2, 0.25) is 0 Å². The van der Waals surface area contributed by atoms with E-state index in [0.29, 0.717) is 0 Å². The van der Waals surface area contributed by atoms with E-state index < -0.39 is 0 Å². The summed E-state index contributed by atoms with van der Waals surface area (Å²) < 4.78 is 0. The van der Waals surface area contributed by atoms with E-state index in [0.717, 1.165) is 11.8 Å². The Morgan fingerprint density at radius 3 is 0.794 bits per heavy atom. The van der Waals surface area contributed by atoms with Gasteiger partial charge in [0.05, 0.1) is 0 Å². The maximum Gasteiger partial charge on any atom is -0.0440 e. The van der Waals surface area contributed by atoms with Crippen LogP contribution in [0.5, 0.6) is 0 Å². The number of rotatable bonds is 29. The lowest BCUT2D eigenvalue weighted by Crippen LogP contribution is -1.99. The molecule has 34 heavy (non-hydrogen) atoms. The quantitative estimate of drug-likeness (QED) is 0.0937. The summed E-state index contributed by atoms with van der Waals surface area (Å²) in [4.78, 5) is 0. The van der Waals surface area contributed by atoms with Gasteiger partial charge in [-0.25, -0.2) is 0 Å². The van der Waals surface area contributed by atoms with Crippen LogP contribution in [-0.2, 0) is 0 Å². The highest BCUT2D eigenvalue weighted by Gasteiger charge is 2.04. The fourth-order valence-corrected chi connectivity index (χ4v) is 5.73. The molecule has 0 fully saturated rings. The number of hydrogen-bond donors (Lipinski definition) is 0. The Morgan fingerprint density at radius 2 is 0.559 bits per heavy atom. The lowest BCUT2D eigenvalue weighted by atomic mass is 9.93. The molecule has 1 unspecified atom stereocenters. The second-order valence-corrected chi connectivity index (χ2v) is 12.4. The molecule has 0 spiro atoms. The van der Waals surface area contributed by atoms with Crippen molar-refractivity contribution in [2.45, 2.75) is 207 Å². The van der Waals surface area contributed by atoms with Gasteiger partial charge in [0, 0.05) is 0 Å². The van der Waals surface area contributed by atoms with Gasteiger partial charge in [-0.05, 0) is 18.3 Å².